The van der Waals surface area contributed by atoms with Crippen LogP contribution in [0.4, 0.5) is 18.9 Å². The average Bonchev–Trinajstić information content (AvgIpc) is 3.23. The summed E-state index contributed by atoms with van der Waals surface area (Å²) in [5.41, 5.74) is 4.25. The van der Waals surface area contributed by atoms with Crippen LogP contribution in [0.5, 0.6) is 0 Å². The van der Waals surface area contributed by atoms with Crippen molar-refractivity contribution in [1.82, 2.24) is 0 Å². The molecule has 1 aliphatic heterocycles. The lowest BCUT2D eigenvalue weighted by atomic mass is 9.78. The normalized spacial score (nSPS) is 34.7. The topological polar surface area (TPSA) is 87.2 Å². The van der Waals surface area contributed by atoms with E-state index in [9.17, 15) is 21.6 Å². The summed E-state index contributed by atoms with van der Waals surface area (Å²) >= 11 is 0. The van der Waals surface area contributed by atoms with Crippen LogP contribution in [0.15, 0.2) is 18.2 Å². The quantitative estimate of drug-likeness (QED) is 0.847. The van der Waals surface area contributed by atoms with Gasteiger partial charge in [-0.3, -0.25) is 4.31 Å². The van der Waals surface area contributed by atoms with Gasteiger partial charge in [0.2, 0.25) is 10.0 Å². The number of fused-ring (bicyclic) bond motifs is 5. The van der Waals surface area contributed by atoms with Gasteiger partial charge in [0.1, 0.15) is 4.75 Å². The predicted octanol–water partition coefficient (Wildman–Crippen LogP) is 2.47. The van der Waals surface area contributed by atoms with Crippen molar-refractivity contribution in [2.45, 2.75) is 30.2 Å². The van der Waals surface area contributed by atoms with Gasteiger partial charge in [-0.05, 0) is 49.3 Å². The Labute approximate surface area is 149 Å². The maximum absolute atomic E-state index is 13.3. The molecular formula is C17H18F3N3O2S. The molecule has 0 spiro atoms. The molecule has 9 heteroatoms. The van der Waals surface area contributed by atoms with E-state index in [1.165, 1.54) is 12.1 Å². The van der Waals surface area contributed by atoms with Crippen LogP contribution < -0.4 is 10.0 Å². The average molecular weight is 385 g/mol. The van der Waals surface area contributed by atoms with Crippen molar-refractivity contribution in [3.8, 4) is 6.07 Å². The third-order valence-electron chi connectivity index (χ3n) is 6.53. The molecular weight excluding hydrogens is 367 g/mol. The number of nitrogens with two attached hydrogens (primary N) is 1. The van der Waals surface area contributed by atoms with Crippen LogP contribution in [0.3, 0.4) is 0 Å². The summed E-state index contributed by atoms with van der Waals surface area (Å²) in [7, 11) is -3.88. The molecule has 2 aliphatic carbocycles. The van der Waals surface area contributed by atoms with Crippen molar-refractivity contribution in [3.05, 3.63) is 29.3 Å². The highest BCUT2D eigenvalue weighted by atomic mass is 32.2. The second kappa shape index (κ2) is 5.36. The molecule has 140 valence electrons. The van der Waals surface area contributed by atoms with E-state index in [1.54, 1.807) is 0 Å². The molecule has 0 aromatic heterocycles. The Balaban J connectivity index is 1.83. The van der Waals surface area contributed by atoms with Gasteiger partial charge >= 0.3 is 6.18 Å². The smallest absolute Gasteiger partial charge is 0.329 e. The lowest BCUT2D eigenvalue weighted by Gasteiger charge is -2.35. The lowest BCUT2D eigenvalue weighted by molar-refractivity contribution is -0.137. The first-order valence-electron chi connectivity index (χ1n) is 8.50. The summed E-state index contributed by atoms with van der Waals surface area (Å²) in [6.45, 7) is 0.143. The van der Waals surface area contributed by atoms with E-state index in [1.807, 2.05) is 0 Å². The van der Waals surface area contributed by atoms with Crippen LogP contribution >= 0.6 is 0 Å². The minimum absolute atomic E-state index is 0.0138. The van der Waals surface area contributed by atoms with Crippen molar-refractivity contribution < 1.29 is 21.6 Å². The van der Waals surface area contributed by atoms with Crippen LogP contribution in [0, 0.1) is 29.1 Å². The zero-order valence-corrected chi connectivity index (χ0v) is 14.6. The maximum atomic E-state index is 13.3. The van der Waals surface area contributed by atoms with E-state index >= 15 is 0 Å². The highest BCUT2D eigenvalue weighted by Gasteiger charge is 2.69. The molecule has 2 saturated carbocycles. The van der Waals surface area contributed by atoms with Gasteiger partial charge in [-0.15, -0.1) is 0 Å². The number of nitrogens with zero attached hydrogens (tertiary/aromatic N) is 2. The van der Waals surface area contributed by atoms with Gasteiger partial charge in [-0.25, -0.2) is 8.42 Å². The van der Waals surface area contributed by atoms with Crippen molar-refractivity contribution in [3.63, 3.8) is 0 Å². The fraction of sp³-hybridized carbons (Fsp3) is 0.588. The van der Waals surface area contributed by atoms with Gasteiger partial charge in [-0.2, -0.15) is 18.4 Å². The highest BCUT2D eigenvalue weighted by molar-refractivity contribution is 7.94. The molecule has 0 unspecified atom stereocenters. The Morgan fingerprint density at radius 3 is 2.65 bits per heavy atom. The van der Waals surface area contributed by atoms with Gasteiger partial charge < -0.3 is 5.73 Å². The van der Waals surface area contributed by atoms with Gasteiger partial charge in [0.15, 0.2) is 0 Å². The lowest BCUT2D eigenvalue weighted by Crippen LogP contribution is -2.53. The number of anilines is 1. The second-order valence-electron chi connectivity index (χ2n) is 7.41. The molecule has 3 aliphatic rings. The molecule has 3 fully saturated rings. The van der Waals surface area contributed by atoms with Crippen molar-refractivity contribution in [2.75, 3.05) is 17.4 Å². The fourth-order valence-corrected chi connectivity index (χ4v) is 8.06. The first-order chi connectivity index (χ1) is 12.2. The Morgan fingerprint density at radius 1 is 1.35 bits per heavy atom. The fourth-order valence-electron chi connectivity index (χ4n) is 5.40. The molecule has 4 atom stereocenters. The van der Waals surface area contributed by atoms with Gasteiger partial charge in [0.05, 0.1) is 22.9 Å². The van der Waals surface area contributed by atoms with E-state index in [-0.39, 0.29) is 36.5 Å². The van der Waals surface area contributed by atoms with E-state index in [0.29, 0.717) is 0 Å². The second-order valence-corrected chi connectivity index (χ2v) is 9.56. The summed E-state index contributed by atoms with van der Waals surface area (Å²) in [6, 6.07) is 4.59. The first-order valence-corrected chi connectivity index (χ1v) is 9.94. The van der Waals surface area contributed by atoms with Gasteiger partial charge in [0, 0.05) is 19.0 Å². The molecule has 0 radical (unpaired) electrons. The molecule has 26 heavy (non-hydrogen) atoms. The molecule has 1 aromatic carbocycles. The molecule has 2 N–H and O–H groups in total. The van der Waals surface area contributed by atoms with Crippen molar-refractivity contribution >= 4 is 15.7 Å². The van der Waals surface area contributed by atoms with Gasteiger partial charge in [-0.1, -0.05) is 0 Å². The number of sulfonamides is 1. The van der Waals surface area contributed by atoms with E-state index in [4.69, 9.17) is 11.0 Å². The zero-order chi connectivity index (χ0) is 18.9. The third kappa shape index (κ3) is 2.03. The van der Waals surface area contributed by atoms with E-state index in [2.05, 4.69) is 0 Å². The minimum Gasteiger partial charge on any atom is -0.329 e. The Hall–Kier alpha value is -1.79. The standard InChI is InChI=1S/C17H18F3N3O2S/c18-17(19,20)14-6-13(4-2-11(14)7-21)23-8-15-10-1-3-12(5-10)16(15,9-22)26(23,24)25/h2,4,6,10,12,15H,1,3,5,8-9,22H2/t10-,12+,15-,16+/m0/s1. The van der Waals surface area contributed by atoms with Crippen molar-refractivity contribution in [2.24, 2.45) is 23.5 Å². The Kier molecular flexibility index (Phi) is 3.63. The van der Waals surface area contributed by atoms with Crippen molar-refractivity contribution in [1.29, 1.82) is 5.26 Å². The van der Waals surface area contributed by atoms with E-state index < -0.39 is 32.1 Å². The zero-order valence-electron chi connectivity index (χ0n) is 13.8. The number of nitriles is 1. The minimum atomic E-state index is -4.73. The molecule has 4 rings (SSSR count). The van der Waals surface area contributed by atoms with Crippen LogP contribution in [-0.2, 0) is 16.2 Å². The maximum Gasteiger partial charge on any atom is 0.417 e. The molecule has 1 heterocycles. The summed E-state index contributed by atoms with van der Waals surface area (Å²) in [5, 5.41) is 8.93. The van der Waals surface area contributed by atoms with Gasteiger partial charge in [0.25, 0.3) is 0 Å². The SMILES string of the molecule is N#Cc1ccc(N2C[C@H]3[C@H]4CC[C@H](C4)[C@@]3(CN)S2(=O)=O)cc1C(F)(F)F. The highest BCUT2D eigenvalue weighted by Crippen LogP contribution is 2.62. The Morgan fingerprint density at radius 2 is 2.08 bits per heavy atom. The largest absolute Gasteiger partial charge is 0.417 e. The van der Waals surface area contributed by atoms with Crippen LogP contribution in [-0.4, -0.2) is 26.3 Å². The number of benzene rings is 1. The van der Waals surface area contributed by atoms with Crippen LogP contribution in [0.1, 0.15) is 30.4 Å². The monoisotopic (exact) mass is 385 g/mol. The molecule has 2 bridgehead atoms. The summed E-state index contributed by atoms with van der Waals surface area (Å²) < 4.78 is 66.5. The third-order valence-corrected chi connectivity index (χ3v) is 9.23. The van der Waals surface area contributed by atoms with Crippen LogP contribution in [0.25, 0.3) is 0 Å². The number of rotatable bonds is 2. The molecule has 1 aromatic rings. The Bertz CT molecular complexity index is 909. The summed E-state index contributed by atoms with van der Waals surface area (Å²) in [4.78, 5) is 0. The molecule has 0 amide bonds. The van der Waals surface area contributed by atoms with Crippen LogP contribution in [0.2, 0.25) is 0 Å². The summed E-state index contributed by atoms with van der Waals surface area (Å²) in [5.74, 6) is 0.0722. The number of alkyl halides is 3. The predicted molar refractivity (Wildman–Crippen MR) is 88.5 cm³/mol. The number of halogens is 3. The molecule has 1 saturated heterocycles. The number of hydrogen-bond acceptors (Lipinski definition) is 4. The number of hydrogen-bond donors (Lipinski definition) is 1. The summed E-state index contributed by atoms with van der Waals surface area (Å²) in [6.07, 6.45) is -2.16. The first kappa shape index (κ1) is 17.6. The van der Waals surface area contributed by atoms with E-state index in [0.717, 1.165) is 35.7 Å². The molecule has 5 nitrogen and oxygen atoms in total.